The molecule has 1 fully saturated rings. The number of nitrogens with two attached hydrogens (primary N) is 1. The number of halogens is 1. The van der Waals surface area contributed by atoms with Gasteiger partial charge in [0.05, 0.1) is 24.6 Å². The molecule has 0 radical (unpaired) electrons. The van der Waals surface area contributed by atoms with Crippen LogP contribution in [0.3, 0.4) is 0 Å². The summed E-state index contributed by atoms with van der Waals surface area (Å²) in [6.45, 7) is 6.85. The second-order valence-electron chi connectivity index (χ2n) is 7.34. The van der Waals surface area contributed by atoms with Gasteiger partial charge in [-0.05, 0) is 49.5 Å². The molecule has 9 nitrogen and oxygen atoms in total. The van der Waals surface area contributed by atoms with Gasteiger partial charge in [-0.15, -0.1) is 0 Å². The van der Waals surface area contributed by atoms with Gasteiger partial charge < -0.3 is 20.1 Å². The quantitative estimate of drug-likeness (QED) is 0.781. The van der Waals surface area contributed by atoms with Crippen molar-refractivity contribution in [1.29, 1.82) is 0 Å². The average Bonchev–Trinajstić information content (AvgIpc) is 3.05. The molecule has 1 saturated heterocycles. The number of hydrogen-bond donors (Lipinski definition) is 1. The lowest BCUT2D eigenvalue weighted by atomic mass is 10.1. The van der Waals surface area contributed by atoms with E-state index < -0.39 is 5.60 Å². The summed E-state index contributed by atoms with van der Waals surface area (Å²) in [6, 6.07) is 0.187. The minimum Gasteiger partial charge on any atom is -0.444 e. The first-order valence-corrected chi connectivity index (χ1v) is 9.48. The van der Waals surface area contributed by atoms with Crippen LogP contribution in [0.4, 0.5) is 10.6 Å². The van der Waals surface area contributed by atoms with Crippen LogP contribution >= 0.6 is 15.9 Å². The van der Waals surface area contributed by atoms with E-state index >= 15 is 0 Å². The number of nitrogen functional groups attached to an aromatic ring is 1. The number of carbonyl (C=O) groups is 1. The lowest BCUT2D eigenvalue weighted by Gasteiger charge is -2.33. The van der Waals surface area contributed by atoms with Crippen LogP contribution in [0.2, 0.25) is 0 Å². The van der Waals surface area contributed by atoms with Gasteiger partial charge in [0.25, 0.3) is 5.88 Å². The van der Waals surface area contributed by atoms with E-state index in [-0.39, 0.29) is 23.8 Å². The number of amides is 1. The Balaban J connectivity index is 1.58. The molecule has 0 aromatic carbocycles. The first-order valence-electron chi connectivity index (χ1n) is 8.69. The largest absolute Gasteiger partial charge is 0.444 e. The van der Waals surface area contributed by atoms with Crippen molar-refractivity contribution in [3.63, 3.8) is 0 Å². The van der Waals surface area contributed by atoms with Crippen molar-refractivity contribution in [1.82, 2.24) is 24.6 Å². The van der Waals surface area contributed by atoms with E-state index in [1.807, 2.05) is 25.5 Å². The Morgan fingerprint density at radius 3 is 2.67 bits per heavy atom. The monoisotopic (exact) mass is 438 g/mol. The minimum atomic E-state index is -0.487. The molecule has 0 aliphatic carbocycles. The van der Waals surface area contributed by atoms with Crippen LogP contribution in [0, 0.1) is 0 Å². The molecule has 1 amide bonds. The fourth-order valence-electron chi connectivity index (χ4n) is 2.76. The molecule has 0 saturated carbocycles. The normalized spacial score (nSPS) is 15.6. The number of anilines is 1. The van der Waals surface area contributed by atoms with Crippen LogP contribution in [0.1, 0.15) is 39.7 Å². The number of carbonyl (C=O) groups excluding carboxylic acids is 1. The Morgan fingerprint density at radius 1 is 1.30 bits per heavy atom. The van der Waals surface area contributed by atoms with Gasteiger partial charge in [-0.3, -0.25) is 4.68 Å². The molecular weight excluding hydrogens is 416 g/mol. The Hall–Kier alpha value is -2.36. The van der Waals surface area contributed by atoms with Gasteiger partial charge in [0, 0.05) is 13.1 Å². The van der Waals surface area contributed by atoms with Crippen molar-refractivity contribution in [2.75, 3.05) is 18.8 Å². The van der Waals surface area contributed by atoms with Crippen molar-refractivity contribution in [3.8, 4) is 11.6 Å². The zero-order chi connectivity index (χ0) is 19.6. The number of aromatic nitrogens is 4. The van der Waals surface area contributed by atoms with Gasteiger partial charge in [0.2, 0.25) is 0 Å². The number of piperidine rings is 1. The minimum absolute atomic E-state index is 0.187. The highest BCUT2D eigenvalue weighted by Gasteiger charge is 2.28. The Kier molecular flexibility index (Phi) is 5.54. The molecule has 2 N–H and O–H groups in total. The Labute approximate surface area is 166 Å². The Bertz CT molecular complexity index is 811. The molecule has 2 aromatic heterocycles. The average molecular weight is 439 g/mol. The van der Waals surface area contributed by atoms with Gasteiger partial charge in [-0.2, -0.15) is 5.10 Å². The molecule has 3 rings (SSSR count). The van der Waals surface area contributed by atoms with Crippen molar-refractivity contribution < 1.29 is 14.3 Å². The summed E-state index contributed by atoms with van der Waals surface area (Å²) in [5.74, 6) is 0.962. The number of hydrogen-bond acceptors (Lipinski definition) is 7. The third kappa shape index (κ3) is 5.09. The predicted octanol–water partition coefficient (Wildman–Crippen LogP) is 3.38. The van der Waals surface area contributed by atoms with E-state index in [0.717, 1.165) is 12.8 Å². The standard InChI is InChI=1S/C17H23BrN6O3/c1-17(2,3)27-16(25)23-6-4-11(5-7-23)24-10-12(8-21-24)26-15-14(19)20-9-13(18)22-15/h8-11H,4-7H2,1-3H3,(H2,19,20). The number of rotatable bonds is 3. The number of likely N-dealkylation sites (tertiary alicyclic amines) is 1. The summed E-state index contributed by atoms with van der Waals surface area (Å²) in [5, 5.41) is 4.37. The van der Waals surface area contributed by atoms with Crippen molar-refractivity contribution >= 4 is 27.8 Å². The van der Waals surface area contributed by atoms with Gasteiger partial charge in [0.1, 0.15) is 10.2 Å². The Morgan fingerprint density at radius 2 is 2.00 bits per heavy atom. The summed E-state index contributed by atoms with van der Waals surface area (Å²) in [7, 11) is 0. The highest BCUT2D eigenvalue weighted by Crippen LogP contribution is 2.28. The summed E-state index contributed by atoms with van der Waals surface area (Å²) < 4.78 is 13.5. The molecular formula is C17H23BrN6O3. The second kappa shape index (κ2) is 7.71. The molecule has 1 aliphatic rings. The van der Waals surface area contributed by atoms with Crippen LogP contribution in [0.15, 0.2) is 23.2 Å². The molecule has 10 heteroatoms. The van der Waals surface area contributed by atoms with Crippen LogP contribution < -0.4 is 10.5 Å². The SMILES string of the molecule is CC(C)(C)OC(=O)N1CCC(n2cc(Oc3nc(Br)cnc3N)cn2)CC1. The van der Waals surface area contributed by atoms with E-state index in [1.165, 1.54) is 6.20 Å². The molecule has 0 bridgehead atoms. The maximum absolute atomic E-state index is 12.2. The van der Waals surface area contributed by atoms with Gasteiger partial charge in [0.15, 0.2) is 11.6 Å². The predicted molar refractivity (Wildman–Crippen MR) is 103 cm³/mol. The smallest absolute Gasteiger partial charge is 0.410 e. The van der Waals surface area contributed by atoms with E-state index in [0.29, 0.717) is 23.4 Å². The summed E-state index contributed by atoms with van der Waals surface area (Å²) in [4.78, 5) is 22.0. The van der Waals surface area contributed by atoms with E-state index in [4.69, 9.17) is 15.2 Å². The maximum Gasteiger partial charge on any atom is 0.410 e. The zero-order valence-corrected chi connectivity index (χ0v) is 17.1. The molecule has 27 heavy (non-hydrogen) atoms. The van der Waals surface area contributed by atoms with Crippen molar-refractivity contribution in [3.05, 3.63) is 23.2 Å². The molecule has 3 heterocycles. The lowest BCUT2D eigenvalue weighted by molar-refractivity contribution is 0.0184. The van der Waals surface area contributed by atoms with Crippen LogP contribution in [-0.4, -0.2) is 49.4 Å². The van der Waals surface area contributed by atoms with E-state index in [2.05, 4.69) is 31.0 Å². The fourth-order valence-corrected chi connectivity index (χ4v) is 3.02. The molecule has 0 atom stereocenters. The first kappa shape index (κ1) is 19.4. The number of ether oxygens (including phenoxy) is 2. The van der Waals surface area contributed by atoms with E-state index in [1.54, 1.807) is 17.3 Å². The fraction of sp³-hybridized carbons (Fsp3) is 0.529. The summed E-state index contributed by atoms with van der Waals surface area (Å²) in [6.07, 6.45) is 6.23. The van der Waals surface area contributed by atoms with Crippen LogP contribution in [0.5, 0.6) is 11.6 Å². The van der Waals surface area contributed by atoms with Crippen molar-refractivity contribution in [2.45, 2.75) is 45.3 Å². The molecule has 146 valence electrons. The lowest BCUT2D eigenvalue weighted by Crippen LogP contribution is -2.42. The van der Waals surface area contributed by atoms with Gasteiger partial charge in [-0.1, -0.05) is 0 Å². The third-order valence-electron chi connectivity index (χ3n) is 4.02. The number of nitrogens with zero attached hydrogens (tertiary/aromatic N) is 5. The summed E-state index contributed by atoms with van der Waals surface area (Å²) in [5.41, 5.74) is 5.29. The molecule has 2 aromatic rings. The molecule has 0 unspecified atom stereocenters. The van der Waals surface area contributed by atoms with Gasteiger partial charge >= 0.3 is 6.09 Å². The maximum atomic E-state index is 12.2. The summed E-state index contributed by atoms with van der Waals surface area (Å²) >= 11 is 3.24. The topological polar surface area (TPSA) is 108 Å². The van der Waals surface area contributed by atoms with Crippen molar-refractivity contribution in [2.24, 2.45) is 0 Å². The first-order chi connectivity index (χ1) is 12.7. The van der Waals surface area contributed by atoms with Gasteiger partial charge in [-0.25, -0.2) is 14.8 Å². The van der Waals surface area contributed by atoms with Crippen LogP contribution in [-0.2, 0) is 4.74 Å². The highest BCUT2D eigenvalue weighted by molar-refractivity contribution is 9.10. The zero-order valence-electron chi connectivity index (χ0n) is 15.6. The van der Waals surface area contributed by atoms with Crippen LogP contribution in [0.25, 0.3) is 0 Å². The highest BCUT2D eigenvalue weighted by atomic mass is 79.9. The molecule has 0 spiro atoms. The van der Waals surface area contributed by atoms with E-state index in [9.17, 15) is 4.79 Å². The second-order valence-corrected chi connectivity index (χ2v) is 8.15. The molecule has 1 aliphatic heterocycles. The third-order valence-corrected chi connectivity index (χ3v) is 4.40.